The molecule has 0 aromatic carbocycles. The molecule has 0 bridgehead atoms. The van der Waals surface area contributed by atoms with Crippen LogP contribution >= 0.6 is 0 Å². The van der Waals surface area contributed by atoms with E-state index in [1.165, 1.54) is 0 Å². The Morgan fingerprint density at radius 2 is 2.33 bits per heavy atom. The number of aliphatic hydroxyl groups excluding tert-OH is 2. The number of pyridine rings is 1. The van der Waals surface area contributed by atoms with Gasteiger partial charge in [0.25, 0.3) is 0 Å². The molecule has 0 spiro atoms. The third-order valence-corrected chi connectivity index (χ3v) is 3.10. The van der Waals surface area contributed by atoms with Crippen molar-refractivity contribution in [2.45, 2.75) is 32.2 Å². The van der Waals surface area contributed by atoms with Gasteiger partial charge in [0.15, 0.2) is 0 Å². The molecule has 0 aliphatic carbocycles. The maximum Gasteiger partial charge on any atom is 0.134 e. The van der Waals surface area contributed by atoms with Gasteiger partial charge in [-0.15, -0.1) is 0 Å². The van der Waals surface area contributed by atoms with E-state index in [0.717, 1.165) is 11.4 Å². The summed E-state index contributed by atoms with van der Waals surface area (Å²) in [5.41, 5.74) is 0.809. The first-order chi connectivity index (χ1) is 8.61. The second-order valence-corrected chi connectivity index (χ2v) is 4.75. The minimum absolute atomic E-state index is 0.00230. The summed E-state index contributed by atoms with van der Waals surface area (Å²) in [6.45, 7) is 5.01. The van der Waals surface area contributed by atoms with Crippen LogP contribution in [0.2, 0.25) is 0 Å². The number of nitrogens with zero attached hydrogens (tertiary/aromatic N) is 2. The summed E-state index contributed by atoms with van der Waals surface area (Å²) >= 11 is 0. The molecule has 0 amide bonds. The van der Waals surface area contributed by atoms with Crippen LogP contribution in [0.15, 0.2) is 18.3 Å². The zero-order valence-electron chi connectivity index (χ0n) is 10.8. The lowest BCUT2D eigenvalue weighted by molar-refractivity contribution is -0.0424. The fourth-order valence-electron chi connectivity index (χ4n) is 2.32. The van der Waals surface area contributed by atoms with Crippen LogP contribution in [0, 0.1) is 0 Å². The predicted octanol–water partition coefficient (Wildman–Crippen LogP) is 0.721. The highest BCUT2D eigenvalue weighted by Gasteiger charge is 2.27. The summed E-state index contributed by atoms with van der Waals surface area (Å²) in [4.78, 5) is 6.42. The predicted molar refractivity (Wildman–Crippen MR) is 68.5 cm³/mol. The van der Waals surface area contributed by atoms with E-state index in [-0.39, 0.29) is 18.8 Å². The van der Waals surface area contributed by atoms with E-state index in [0.29, 0.717) is 13.1 Å². The molecule has 100 valence electrons. The highest BCUT2D eigenvalue weighted by atomic mass is 16.5. The highest BCUT2D eigenvalue weighted by molar-refractivity contribution is 5.48. The van der Waals surface area contributed by atoms with Gasteiger partial charge in [0.2, 0.25) is 0 Å². The summed E-state index contributed by atoms with van der Waals surface area (Å²) < 4.78 is 5.61. The topological polar surface area (TPSA) is 65.8 Å². The fourth-order valence-corrected chi connectivity index (χ4v) is 2.32. The normalized spacial score (nSPS) is 26.1. The Morgan fingerprint density at radius 3 is 3.00 bits per heavy atom. The van der Waals surface area contributed by atoms with E-state index < -0.39 is 6.10 Å². The second-order valence-electron chi connectivity index (χ2n) is 4.75. The second kappa shape index (κ2) is 5.65. The maximum atomic E-state index is 9.78. The van der Waals surface area contributed by atoms with Gasteiger partial charge in [-0.2, -0.15) is 0 Å². The zero-order valence-corrected chi connectivity index (χ0v) is 10.8. The van der Waals surface area contributed by atoms with Crippen LogP contribution in [0.3, 0.4) is 0 Å². The van der Waals surface area contributed by atoms with Crippen LogP contribution in [-0.2, 0) is 4.74 Å². The van der Waals surface area contributed by atoms with Gasteiger partial charge in [-0.1, -0.05) is 6.07 Å². The van der Waals surface area contributed by atoms with Crippen molar-refractivity contribution in [1.29, 1.82) is 0 Å². The lowest BCUT2D eigenvalue weighted by Gasteiger charge is -2.37. The molecular weight excluding hydrogens is 232 g/mol. The van der Waals surface area contributed by atoms with Crippen LogP contribution in [0.4, 0.5) is 5.82 Å². The fraction of sp³-hybridized carbons (Fsp3) is 0.615. The van der Waals surface area contributed by atoms with Gasteiger partial charge in [0.1, 0.15) is 5.82 Å². The summed E-state index contributed by atoms with van der Waals surface area (Å²) in [5, 5.41) is 19.0. The number of hydrogen-bond donors (Lipinski definition) is 2. The van der Waals surface area contributed by atoms with E-state index in [9.17, 15) is 10.2 Å². The van der Waals surface area contributed by atoms with Gasteiger partial charge in [-0.3, -0.25) is 0 Å². The molecular formula is C13H20N2O3. The first kappa shape index (κ1) is 13.3. The van der Waals surface area contributed by atoms with E-state index in [1.807, 2.05) is 19.1 Å². The molecule has 1 aromatic rings. The van der Waals surface area contributed by atoms with Crippen molar-refractivity contribution in [3.63, 3.8) is 0 Å². The largest absolute Gasteiger partial charge is 0.394 e. The van der Waals surface area contributed by atoms with Gasteiger partial charge in [-0.25, -0.2) is 4.98 Å². The summed E-state index contributed by atoms with van der Waals surface area (Å²) in [5.74, 6) is 0.779. The van der Waals surface area contributed by atoms with Crippen LogP contribution in [0.1, 0.15) is 25.5 Å². The number of anilines is 1. The highest BCUT2D eigenvalue weighted by Crippen LogP contribution is 2.26. The number of rotatable bonds is 3. The zero-order chi connectivity index (χ0) is 13.1. The van der Waals surface area contributed by atoms with Gasteiger partial charge < -0.3 is 19.8 Å². The first-order valence-corrected chi connectivity index (χ1v) is 6.26. The molecule has 0 radical (unpaired) electrons. The molecule has 0 saturated carbocycles. The third-order valence-electron chi connectivity index (χ3n) is 3.10. The number of morpholine rings is 1. The minimum atomic E-state index is -0.556. The number of hydrogen-bond acceptors (Lipinski definition) is 5. The van der Waals surface area contributed by atoms with Crippen molar-refractivity contribution in [1.82, 2.24) is 4.98 Å². The maximum absolute atomic E-state index is 9.78. The van der Waals surface area contributed by atoms with Crippen molar-refractivity contribution in [3.8, 4) is 0 Å². The van der Waals surface area contributed by atoms with Crippen molar-refractivity contribution < 1.29 is 14.9 Å². The monoisotopic (exact) mass is 252 g/mol. The quantitative estimate of drug-likeness (QED) is 0.830. The minimum Gasteiger partial charge on any atom is -0.394 e. The third kappa shape index (κ3) is 2.80. The van der Waals surface area contributed by atoms with Crippen molar-refractivity contribution >= 4 is 5.82 Å². The average molecular weight is 252 g/mol. The molecule has 1 aromatic heterocycles. The Labute approximate surface area is 107 Å². The molecule has 2 rings (SSSR count). The molecule has 2 N–H and O–H groups in total. The molecule has 5 nitrogen and oxygen atoms in total. The number of aliphatic hydroxyl groups is 2. The molecule has 1 aliphatic heterocycles. The van der Waals surface area contributed by atoms with E-state index in [1.54, 1.807) is 13.1 Å². The van der Waals surface area contributed by atoms with Crippen molar-refractivity contribution in [2.75, 3.05) is 24.6 Å². The molecule has 18 heavy (non-hydrogen) atoms. The molecule has 5 heteroatoms. The molecule has 1 saturated heterocycles. The van der Waals surface area contributed by atoms with Crippen LogP contribution in [0.5, 0.6) is 0 Å². The Hall–Kier alpha value is -1.17. The van der Waals surface area contributed by atoms with Gasteiger partial charge in [-0.05, 0) is 19.9 Å². The van der Waals surface area contributed by atoms with Crippen molar-refractivity contribution in [3.05, 3.63) is 23.9 Å². The van der Waals surface area contributed by atoms with Crippen LogP contribution < -0.4 is 4.90 Å². The SMILES string of the molecule is CC1CN(c2ncccc2C(C)O)CC(CO)O1. The lowest BCUT2D eigenvalue weighted by Crippen LogP contribution is -2.48. The summed E-state index contributed by atoms with van der Waals surface area (Å²) in [7, 11) is 0. The standard InChI is InChI=1S/C13H20N2O3/c1-9-6-15(7-11(8-16)18-9)13-12(10(2)17)4-3-5-14-13/h3-5,9-11,16-17H,6-8H2,1-2H3. The molecule has 1 fully saturated rings. The number of ether oxygens (including phenoxy) is 1. The van der Waals surface area contributed by atoms with Crippen molar-refractivity contribution in [2.24, 2.45) is 0 Å². The van der Waals surface area contributed by atoms with Gasteiger partial charge in [0, 0.05) is 24.8 Å². The summed E-state index contributed by atoms with van der Waals surface area (Å²) in [6.07, 6.45) is 1.01. The van der Waals surface area contributed by atoms with Gasteiger partial charge in [0.05, 0.1) is 24.9 Å². The molecule has 1 aliphatic rings. The molecule has 2 heterocycles. The molecule has 3 atom stereocenters. The number of aromatic nitrogens is 1. The van der Waals surface area contributed by atoms with E-state index in [2.05, 4.69) is 9.88 Å². The van der Waals surface area contributed by atoms with Crippen LogP contribution in [0.25, 0.3) is 0 Å². The van der Waals surface area contributed by atoms with E-state index in [4.69, 9.17) is 4.74 Å². The van der Waals surface area contributed by atoms with Crippen LogP contribution in [-0.4, -0.2) is 47.1 Å². The Kier molecular flexibility index (Phi) is 4.16. The Morgan fingerprint density at radius 1 is 1.56 bits per heavy atom. The van der Waals surface area contributed by atoms with Gasteiger partial charge >= 0.3 is 0 Å². The van der Waals surface area contributed by atoms with E-state index >= 15 is 0 Å². The smallest absolute Gasteiger partial charge is 0.134 e. The first-order valence-electron chi connectivity index (χ1n) is 6.26. The molecule has 3 unspecified atom stereocenters. The lowest BCUT2D eigenvalue weighted by atomic mass is 10.1. The Balaban J connectivity index is 2.25. The Bertz CT molecular complexity index is 398. The summed E-state index contributed by atoms with van der Waals surface area (Å²) in [6, 6.07) is 3.69. The average Bonchev–Trinajstić information content (AvgIpc) is 2.38.